The zero-order valence-corrected chi connectivity index (χ0v) is 26.2. The van der Waals surface area contributed by atoms with Crippen molar-refractivity contribution in [3.8, 4) is 11.5 Å². The van der Waals surface area contributed by atoms with Crippen LogP contribution >= 0.6 is 34.5 Å². The SMILES string of the molecule is O=C(Nc1ccccc1)c1c(N=Cc2ccc(OCc3ccc(Cl)cc3)cc2OCc2ccc(Cl)cc2)sc2c1CCCC2. The molecule has 0 saturated heterocycles. The Morgan fingerprint density at radius 1 is 0.818 bits per heavy atom. The van der Waals surface area contributed by atoms with E-state index in [4.69, 9.17) is 37.7 Å². The number of rotatable bonds is 10. The molecule has 0 radical (unpaired) electrons. The molecule has 1 aliphatic carbocycles. The lowest BCUT2D eigenvalue weighted by Crippen LogP contribution is -2.14. The molecule has 0 aliphatic heterocycles. The largest absolute Gasteiger partial charge is 0.489 e. The zero-order valence-electron chi connectivity index (χ0n) is 23.9. The molecule has 0 bridgehead atoms. The Kier molecular flexibility index (Phi) is 9.61. The van der Waals surface area contributed by atoms with Crippen LogP contribution in [-0.4, -0.2) is 12.1 Å². The number of hydrogen-bond donors (Lipinski definition) is 1. The Labute approximate surface area is 271 Å². The van der Waals surface area contributed by atoms with E-state index in [1.807, 2.05) is 97.1 Å². The van der Waals surface area contributed by atoms with E-state index in [1.54, 1.807) is 17.6 Å². The van der Waals surface area contributed by atoms with Gasteiger partial charge in [0.1, 0.15) is 29.7 Å². The minimum atomic E-state index is -0.132. The summed E-state index contributed by atoms with van der Waals surface area (Å²) < 4.78 is 12.4. The zero-order chi connectivity index (χ0) is 30.3. The number of aryl methyl sites for hydroxylation is 1. The Hall–Kier alpha value is -4.10. The monoisotopic (exact) mass is 640 g/mol. The maximum atomic E-state index is 13.5. The number of anilines is 1. The van der Waals surface area contributed by atoms with Crippen LogP contribution in [-0.2, 0) is 26.1 Å². The molecule has 1 aromatic heterocycles. The van der Waals surface area contributed by atoms with Crippen LogP contribution < -0.4 is 14.8 Å². The maximum absolute atomic E-state index is 13.5. The summed E-state index contributed by atoms with van der Waals surface area (Å²) in [6.45, 7) is 0.735. The minimum absolute atomic E-state index is 0.132. The van der Waals surface area contributed by atoms with Gasteiger partial charge < -0.3 is 14.8 Å². The number of carbonyl (C=O) groups is 1. The van der Waals surface area contributed by atoms with Gasteiger partial charge in [0.05, 0.1) is 5.56 Å². The molecule has 0 unspecified atom stereocenters. The number of para-hydroxylation sites is 1. The van der Waals surface area contributed by atoms with E-state index in [2.05, 4.69) is 5.32 Å². The molecule has 1 aliphatic rings. The van der Waals surface area contributed by atoms with Gasteiger partial charge in [-0.2, -0.15) is 0 Å². The number of thiophene rings is 1. The number of fused-ring (bicyclic) bond motifs is 1. The van der Waals surface area contributed by atoms with Gasteiger partial charge in [-0.25, -0.2) is 4.99 Å². The molecular formula is C36H30Cl2N2O3S. The molecule has 1 amide bonds. The highest BCUT2D eigenvalue weighted by molar-refractivity contribution is 7.16. The van der Waals surface area contributed by atoms with E-state index in [0.29, 0.717) is 45.3 Å². The van der Waals surface area contributed by atoms with Crippen LogP contribution in [0.25, 0.3) is 0 Å². The lowest BCUT2D eigenvalue weighted by Gasteiger charge is -2.13. The van der Waals surface area contributed by atoms with Crippen molar-refractivity contribution in [2.24, 2.45) is 4.99 Å². The topological polar surface area (TPSA) is 59.9 Å². The van der Waals surface area contributed by atoms with Gasteiger partial charge >= 0.3 is 0 Å². The van der Waals surface area contributed by atoms with Gasteiger partial charge in [-0.1, -0.05) is 65.7 Å². The van der Waals surface area contributed by atoms with Crippen LogP contribution in [0.1, 0.15) is 50.3 Å². The highest BCUT2D eigenvalue weighted by Crippen LogP contribution is 2.40. The Balaban J connectivity index is 1.28. The lowest BCUT2D eigenvalue weighted by molar-refractivity contribution is 0.102. The summed E-state index contributed by atoms with van der Waals surface area (Å²) in [6.07, 6.45) is 5.82. The fraction of sp³-hybridized carbons (Fsp3) is 0.167. The molecule has 222 valence electrons. The first-order valence-corrected chi connectivity index (χ1v) is 16.0. The molecule has 5 nitrogen and oxygen atoms in total. The van der Waals surface area contributed by atoms with Crippen molar-refractivity contribution in [3.05, 3.63) is 140 Å². The molecule has 0 saturated carbocycles. The van der Waals surface area contributed by atoms with E-state index in [1.165, 1.54) is 4.88 Å². The fourth-order valence-corrected chi connectivity index (χ4v) is 6.53. The average Bonchev–Trinajstić information content (AvgIpc) is 3.43. The summed E-state index contributed by atoms with van der Waals surface area (Å²) in [7, 11) is 0. The van der Waals surface area contributed by atoms with Crippen molar-refractivity contribution < 1.29 is 14.3 Å². The molecule has 6 rings (SSSR count). The minimum Gasteiger partial charge on any atom is -0.489 e. The van der Waals surface area contributed by atoms with Gasteiger partial charge in [0.25, 0.3) is 5.91 Å². The molecule has 1 N–H and O–H groups in total. The first-order chi connectivity index (χ1) is 21.5. The highest BCUT2D eigenvalue weighted by Gasteiger charge is 2.25. The smallest absolute Gasteiger partial charge is 0.259 e. The number of carbonyl (C=O) groups excluding carboxylic acids is 1. The van der Waals surface area contributed by atoms with Gasteiger partial charge in [0.2, 0.25) is 0 Å². The number of hydrogen-bond acceptors (Lipinski definition) is 5. The van der Waals surface area contributed by atoms with Crippen molar-refractivity contribution in [2.45, 2.75) is 38.9 Å². The third-order valence-electron chi connectivity index (χ3n) is 7.34. The molecule has 0 fully saturated rings. The van der Waals surface area contributed by atoms with Crippen molar-refractivity contribution in [2.75, 3.05) is 5.32 Å². The summed E-state index contributed by atoms with van der Waals surface area (Å²) in [4.78, 5) is 19.7. The van der Waals surface area contributed by atoms with Crippen molar-refractivity contribution in [1.82, 2.24) is 0 Å². The molecule has 0 spiro atoms. The summed E-state index contributed by atoms with van der Waals surface area (Å²) >= 11 is 13.7. The number of nitrogens with one attached hydrogen (secondary N) is 1. The van der Waals surface area contributed by atoms with Crippen molar-refractivity contribution in [3.63, 3.8) is 0 Å². The van der Waals surface area contributed by atoms with Crippen molar-refractivity contribution in [1.29, 1.82) is 0 Å². The Morgan fingerprint density at radius 3 is 2.18 bits per heavy atom. The van der Waals surface area contributed by atoms with Crippen molar-refractivity contribution >= 4 is 57.3 Å². The number of aliphatic imine (C=N–C) groups is 1. The second kappa shape index (κ2) is 14.1. The molecule has 4 aromatic carbocycles. The van der Waals surface area contributed by atoms with Crippen LogP contribution in [0.3, 0.4) is 0 Å². The Bertz CT molecular complexity index is 1770. The van der Waals surface area contributed by atoms with Crippen LogP contribution in [0.4, 0.5) is 10.7 Å². The van der Waals surface area contributed by atoms with E-state index >= 15 is 0 Å². The summed E-state index contributed by atoms with van der Waals surface area (Å²) in [5.41, 5.74) is 5.31. The fourth-order valence-electron chi connectivity index (χ4n) is 5.04. The van der Waals surface area contributed by atoms with Gasteiger partial charge in [0.15, 0.2) is 0 Å². The Morgan fingerprint density at radius 2 is 1.48 bits per heavy atom. The van der Waals surface area contributed by atoms with Crippen LogP contribution in [0, 0.1) is 0 Å². The normalized spacial score (nSPS) is 12.6. The molecule has 8 heteroatoms. The van der Waals surface area contributed by atoms with Crippen LogP contribution in [0.5, 0.6) is 11.5 Å². The predicted octanol–water partition coefficient (Wildman–Crippen LogP) is 10.1. The van der Waals surface area contributed by atoms with Gasteiger partial charge in [-0.3, -0.25) is 4.79 Å². The number of amides is 1. The van der Waals surface area contributed by atoms with Crippen LogP contribution in [0.15, 0.2) is 102 Å². The van der Waals surface area contributed by atoms with E-state index in [-0.39, 0.29) is 5.91 Å². The maximum Gasteiger partial charge on any atom is 0.259 e. The molecule has 0 atom stereocenters. The third-order valence-corrected chi connectivity index (χ3v) is 9.05. The first-order valence-electron chi connectivity index (χ1n) is 14.5. The molecule has 5 aromatic rings. The first kappa shape index (κ1) is 29.9. The summed E-state index contributed by atoms with van der Waals surface area (Å²) in [5, 5.41) is 5.12. The van der Waals surface area contributed by atoms with E-state index in [0.717, 1.165) is 53.6 Å². The number of benzene rings is 4. The second-order valence-corrected chi connectivity index (χ2v) is 12.5. The summed E-state index contributed by atoms with van der Waals surface area (Å²) in [6, 6.07) is 30.3. The standard InChI is InChI=1S/C36H30Cl2N2O3S/c37-27-15-10-24(11-16-27)22-42-30-19-14-26(32(20-30)43-23-25-12-17-28(38)18-13-25)21-39-36-34(31-8-4-5-9-33(31)44-36)35(41)40-29-6-2-1-3-7-29/h1-3,6-7,10-21H,4-5,8-9,22-23H2,(H,40,41). The average molecular weight is 642 g/mol. The lowest BCUT2D eigenvalue weighted by atomic mass is 9.95. The molecule has 1 heterocycles. The summed E-state index contributed by atoms with van der Waals surface area (Å²) in [5.74, 6) is 1.15. The predicted molar refractivity (Wildman–Crippen MR) is 181 cm³/mol. The molecular weight excluding hydrogens is 611 g/mol. The number of halogens is 2. The van der Waals surface area contributed by atoms with Gasteiger partial charge in [-0.15, -0.1) is 11.3 Å². The second-order valence-electron chi connectivity index (χ2n) is 10.5. The van der Waals surface area contributed by atoms with Gasteiger partial charge in [0, 0.05) is 38.5 Å². The van der Waals surface area contributed by atoms with Crippen LogP contribution in [0.2, 0.25) is 10.0 Å². The van der Waals surface area contributed by atoms with E-state index in [9.17, 15) is 4.79 Å². The van der Waals surface area contributed by atoms with E-state index < -0.39 is 0 Å². The third kappa shape index (κ3) is 7.51. The van der Waals surface area contributed by atoms with Gasteiger partial charge in [-0.05, 0) is 90.9 Å². The quantitative estimate of drug-likeness (QED) is 0.154. The number of nitrogens with zero attached hydrogens (tertiary/aromatic N) is 1. The highest BCUT2D eigenvalue weighted by atomic mass is 35.5. The number of ether oxygens (including phenoxy) is 2. The molecule has 44 heavy (non-hydrogen) atoms.